The van der Waals surface area contributed by atoms with Gasteiger partial charge in [0.05, 0.1) is 13.2 Å². The number of anilines is 1. The van der Waals surface area contributed by atoms with Crippen molar-refractivity contribution in [1.29, 1.82) is 0 Å². The van der Waals surface area contributed by atoms with Crippen LogP contribution in [0.4, 0.5) is 5.69 Å². The van der Waals surface area contributed by atoms with Gasteiger partial charge < -0.3 is 4.74 Å². The molecule has 1 fully saturated rings. The SMILES string of the molecule is COc1ccccc1C1C(C(=O)C(C)(C)C)C(=O)C(=O)N1c1ccc(C)cc1. The van der Waals surface area contributed by atoms with Gasteiger partial charge in [0, 0.05) is 16.7 Å². The van der Waals surface area contributed by atoms with Crippen molar-refractivity contribution in [2.24, 2.45) is 11.3 Å². The number of nitrogens with zero attached hydrogens (tertiary/aromatic N) is 1. The maximum atomic E-state index is 13.2. The molecule has 146 valence electrons. The van der Waals surface area contributed by atoms with E-state index in [0.29, 0.717) is 17.0 Å². The topological polar surface area (TPSA) is 63.7 Å². The van der Waals surface area contributed by atoms with Crippen LogP contribution in [0, 0.1) is 18.3 Å². The van der Waals surface area contributed by atoms with Gasteiger partial charge >= 0.3 is 0 Å². The van der Waals surface area contributed by atoms with Gasteiger partial charge in [-0.05, 0) is 25.1 Å². The van der Waals surface area contributed by atoms with E-state index in [1.807, 2.05) is 31.2 Å². The van der Waals surface area contributed by atoms with Crippen LogP contribution >= 0.6 is 0 Å². The van der Waals surface area contributed by atoms with Gasteiger partial charge in [0.2, 0.25) is 5.78 Å². The second-order valence-corrected chi connectivity index (χ2v) is 8.15. The molecule has 0 spiro atoms. The average molecular weight is 379 g/mol. The van der Waals surface area contributed by atoms with E-state index in [2.05, 4.69) is 0 Å². The molecule has 2 aromatic carbocycles. The van der Waals surface area contributed by atoms with E-state index < -0.39 is 29.1 Å². The first kappa shape index (κ1) is 19.8. The molecule has 1 amide bonds. The second kappa shape index (κ2) is 7.23. The third kappa shape index (κ3) is 3.33. The molecule has 1 saturated heterocycles. The van der Waals surface area contributed by atoms with E-state index in [9.17, 15) is 14.4 Å². The minimum atomic E-state index is -1.08. The van der Waals surface area contributed by atoms with Crippen LogP contribution in [0.2, 0.25) is 0 Å². The highest BCUT2D eigenvalue weighted by molar-refractivity contribution is 6.48. The van der Waals surface area contributed by atoms with Gasteiger partial charge in [0.25, 0.3) is 5.91 Å². The van der Waals surface area contributed by atoms with E-state index in [1.165, 1.54) is 12.0 Å². The standard InChI is InChI=1S/C23H25NO4/c1-14-10-12-15(13-11-14)24-19(16-8-6-7-9-17(16)28-5)18(20(25)22(24)27)21(26)23(2,3)4/h6-13,18-19H,1-5H3. The number of methoxy groups -OCH3 is 1. The summed E-state index contributed by atoms with van der Waals surface area (Å²) in [5.74, 6) is -2.13. The van der Waals surface area contributed by atoms with Crippen molar-refractivity contribution >= 4 is 23.2 Å². The third-order valence-electron chi connectivity index (χ3n) is 5.10. The summed E-state index contributed by atoms with van der Waals surface area (Å²) in [7, 11) is 1.54. The predicted molar refractivity (Wildman–Crippen MR) is 107 cm³/mol. The van der Waals surface area contributed by atoms with Crippen LogP contribution in [-0.4, -0.2) is 24.6 Å². The lowest BCUT2D eigenvalue weighted by Crippen LogP contribution is -2.36. The Labute approximate surface area is 165 Å². The van der Waals surface area contributed by atoms with E-state index in [1.54, 1.807) is 45.0 Å². The number of carbonyl (C=O) groups excluding carboxylic acids is 3. The summed E-state index contributed by atoms with van der Waals surface area (Å²) in [5, 5.41) is 0. The van der Waals surface area contributed by atoms with Gasteiger partial charge in [-0.25, -0.2) is 0 Å². The Kier molecular flexibility index (Phi) is 5.11. The summed E-state index contributed by atoms with van der Waals surface area (Å²) in [6.07, 6.45) is 0. The minimum absolute atomic E-state index is 0.253. The average Bonchev–Trinajstić information content (AvgIpc) is 2.92. The lowest BCUT2D eigenvalue weighted by atomic mass is 9.77. The number of carbonyl (C=O) groups is 3. The highest BCUT2D eigenvalue weighted by Crippen LogP contribution is 2.45. The molecule has 2 unspecified atom stereocenters. The van der Waals surface area contributed by atoms with Crippen molar-refractivity contribution in [1.82, 2.24) is 0 Å². The van der Waals surface area contributed by atoms with Gasteiger partial charge in [-0.1, -0.05) is 56.7 Å². The van der Waals surface area contributed by atoms with Crippen LogP contribution in [0.1, 0.15) is 37.9 Å². The van der Waals surface area contributed by atoms with E-state index >= 15 is 0 Å². The van der Waals surface area contributed by atoms with Gasteiger partial charge in [0.15, 0.2) is 5.78 Å². The molecule has 1 heterocycles. The zero-order valence-corrected chi connectivity index (χ0v) is 16.9. The molecule has 2 aromatic rings. The summed E-state index contributed by atoms with van der Waals surface area (Å²) in [5.41, 5.74) is 1.51. The first-order valence-corrected chi connectivity index (χ1v) is 9.28. The van der Waals surface area contributed by atoms with E-state index in [0.717, 1.165) is 5.56 Å². The Balaban J connectivity index is 2.23. The fourth-order valence-corrected chi connectivity index (χ4v) is 3.61. The third-order valence-corrected chi connectivity index (χ3v) is 5.10. The summed E-state index contributed by atoms with van der Waals surface area (Å²) < 4.78 is 5.48. The van der Waals surface area contributed by atoms with Crippen molar-refractivity contribution in [3.05, 3.63) is 59.7 Å². The molecule has 5 heteroatoms. The highest BCUT2D eigenvalue weighted by atomic mass is 16.5. The Morgan fingerprint density at radius 2 is 1.61 bits per heavy atom. The van der Waals surface area contributed by atoms with Gasteiger partial charge in [-0.3, -0.25) is 19.3 Å². The molecule has 0 radical (unpaired) electrons. The summed E-state index contributed by atoms with van der Waals surface area (Å²) >= 11 is 0. The zero-order valence-electron chi connectivity index (χ0n) is 16.9. The summed E-state index contributed by atoms with van der Waals surface area (Å²) in [4.78, 5) is 40.6. The quantitative estimate of drug-likeness (QED) is 0.597. The zero-order chi connectivity index (χ0) is 20.6. The molecular weight excluding hydrogens is 354 g/mol. The van der Waals surface area contributed by atoms with Crippen molar-refractivity contribution in [3.63, 3.8) is 0 Å². The number of ketones is 2. The Bertz CT molecular complexity index is 924. The molecule has 3 rings (SSSR count). The molecule has 0 N–H and O–H groups in total. The fourth-order valence-electron chi connectivity index (χ4n) is 3.61. The number of rotatable bonds is 4. The molecular formula is C23H25NO4. The number of benzene rings is 2. The van der Waals surface area contributed by atoms with Crippen LogP contribution < -0.4 is 9.64 Å². The van der Waals surface area contributed by atoms with Gasteiger partial charge in [-0.2, -0.15) is 0 Å². The first-order chi connectivity index (χ1) is 13.2. The van der Waals surface area contributed by atoms with Crippen LogP contribution in [0.25, 0.3) is 0 Å². The van der Waals surface area contributed by atoms with Gasteiger partial charge in [-0.15, -0.1) is 0 Å². The molecule has 0 bridgehead atoms. The number of hydrogen-bond donors (Lipinski definition) is 0. The molecule has 1 aliphatic heterocycles. The molecule has 0 saturated carbocycles. The Morgan fingerprint density at radius 1 is 1.00 bits per heavy atom. The summed E-state index contributed by atoms with van der Waals surface area (Å²) in [6, 6.07) is 13.8. The monoisotopic (exact) mass is 379 g/mol. The van der Waals surface area contributed by atoms with Crippen molar-refractivity contribution in [2.75, 3.05) is 12.0 Å². The van der Waals surface area contributed by atoms with Crippen LogP contribution in [-0.2, 0) is 14.4 Å². The van der Waals surface area contributed by atoms with Crippen molar-refractivity contribution < 1.29 is 19.1 Å². The molecule has 0 aliphatic carbocycles. The van der Waals surface area contributed by atoms with Crippen LogP contribution in [0.3, 0.4) is 0 Å². The van der Waals surface area contributed by atoms with E-state index in [4.69, 9.17) is 4.74 Å². The highest BCUT2D eigenvalue weighted by Gasteiger charge is 2.54. The Morgan fingerprint density at radius 3 is 2.18 bits per heavy atom. The molecule has 2 atom stereocenters. The second-order valence-electron chi connectivity index (χ2n) is 8.15. The predicted octanol–water partition coefficient (Wildman–Crippen LogP) is 3.89. The van der Waals surface area contributed by atoms with Gasteiger partial charge in [0.1, 0.15) is 11.7 Å². The molecule has 0 aromatic heterocycles. The normalized spacial score (nSPS) is 19.8. The van der Waals surface area contributed by atoms with Crippen LogP contribution in [0.5, 0.6) is 5.75 Å². The maximum absolute atomic E-state index is 13.2. The fraction of sp³-hybridized carbons (Fsp3) is 0.348. The summed E-state index contributed by atoms with van der Waals surface area (Å²) in [6.45, 7) is 7.24. The molecule has 5 nitrogen and oxygen atoms in total. The molecule has 1 aliphatic rings. The number of ether oxygens (including phenoxy) is 1. The number of aryl methyl sites for hydroxylation is 1. The maximum Gasteiger partial charge on any atom is 0.295 e. The Hall–Kier alpha value is -2.95. The number of amides is 1. The largest absolute Gasteiger partial charge is 0.496 e. The smallest absolute Gasteiger partial charge is 0.295 e. The van der Waals surface area contributed by atoms with Crippen molar-refractivity contribution in [2.45, 2.75) is 33.7 Å². The lowest BCUT2D eigenvalue weighted by molar-refractivity contribution is -0.141. The van der Waals surface area contributed by atoms with Crippen molar-refractivity contribution in [3.8, 4) is 5.75 Å². The number of Topliss-reactive ketones (excluding diaryl/α,β-unsaturated/α-hetero) is 2. The first-order valence-electron chi connectivity index (χ1n) is 9.28. The van der Waals surface area contributed by atoms with Crippen LogP contribution in [0.15, 0.2) is 48.5 Å². The number of hydrogen-bond acceptors (Lipinski definition) is 4. The minimum Gasteiger partial charge on any atom is -0.496 e. The van der Waals surface area contributed by atoms with E-state index in [-0.39, 0.29) is 5.78 Å². The lowest BCUT2D eigenvalue weighted by Gasteiger charge is -2.30. The number of para-hydroxylation sites is 1. The molecule has 28 heavy (non-hydrogen) atoms.